The number of carbonyl (C=O) groups is 1. The summed E-state index contributed by atoms with van der Waals surface area (Å²) >= 11 is 0. The minimum atomic E-state index is 0. The van der Waals surface area contributed by atoms with Gasteiger partial charge in [0.2, 0.25) is 0 Å². The van der Waals surface area contributed by atoms with Crippen molar-refractivity contribution in [2.75, 3.05) is 20.1 Å². The van der Waals surface area contributed by atoms with Gasteiger partial charge in [0.25, 0.3) is 0 Å². The van der Waals surface area contributed by atoms with Gasteiger partial charge in [-0.1, -0.05) is 19.9 Å². The first-order chi connectivity index (χ1) is 8.58. The summed E-state index contributed by atoms with van der Waals surface area (Å²) in [5, 5.41) is 0. The van der Waals surface area contributed by atoms with Gasteiger partial charge in [0.1, 0.15) is 5.69 Å². The monoisotopic (exact) mass is 282 g/mol. The molecule has 0 spiro atoms. The highest BCUT2D eigenvalue weighted by atomic mass is 35.5. The van der Waals surface area contributed by atoms with Crippen LogP contribution in [0.2, 0.25) is 0 Å². The summed E-state index contributed by atoms with van der Waals surface area (Å²) in [6.07, 6.45) is 1.92. The lowest BCUT2D eigenvalue weighted by Crippen LogP contribution is -2.33. The van der Waals surface area contributed by atoms with Crippen LogP contribution in [0.4, 0.5) is 0 Å². The Kier molecular flexibility index (Phi) is 5.95. The van der Waals surface area contributed by atoms with E-state index in [2.05, 4.69) is 30.8 Å². The van der Waals surface area contributed by atoms with Gasteiger partial charge in [-0.05, 0) is 51.0 Å². The first-order valence-corrected chi connectivity index (χ1v) is 6.77. The largest absolute Gasteiger partial charge is 0.306 e. The Hall–Kier alpha value is -0.930. The molecule has 0 bridgehead atoms. The number of pyridine rings is 1. The van der Waals surface area contributed by atoms with E-state index < -0.39 is 0 Å². The van der Waals surface area contributed by atoms with E-state index in [1.807, 2.05) is 18.2 Å². The van der Waals surface area contributed by atoms with Gasteiger partial charge in [0.15, 0.2) is 5.78 Å². The van der Waals surface area contributed by atoms with Gasteiger partial charge < -0.3 is 4.90 Å². The molecular weight excluding hydrogens is 260 g/mol. The van der Waals surface area contributed by atoms with Crippen LogP contribution in [-0.2, 0) is 0 Å². The summed E-state index contributed by atoms with van der Waals surface area (Å²) in [5.74, 6) is 0.761. The first kappa shape index (κ1) is 16.1. The Labute approximate surface area is 121 Å². The number of halogens is 1. The normalized spacial score (nSPS) is 17.3. The van der Waals surface area contributed by atoms with E-state index >= 15 is 0 Å². The molecule has 19 heavy (non-hydrogen) atoms. The van der Waals surface area contributed by atoms with Crippen molar-refractivity contribution in [3.8, 4) is 0 Å². The predicted molar refractivity (Wildman–Crippen MR) is 80.1 cm³/mol. The number of carbonyl (C=O) groups excluding carboxylic acids is 1. The zero-order valence-electron chi connectivity index (χ0n) is 11.9. The van der Waals surface area contributed by atoms with E-state index in [-0.39, 0.29) is 24.1 Å². The zero-order chi connectivity index (χ0) is 13.1. The Morgan fingerprint density at radius 1 is 1.32 bits per heavy atom. The molecule has 2 heterocycles. The summed E-state index contributed by atoms with van der Waals surface area (Å²) in [6, 6.07) is 5.80. The van der Waals surface area contributed by atoms with Gasteiger partial charge in [-0.15, -0.1) is 12.4 Å². The minimum Gasteiger partial charge on any atom is -0.306 e. The van der Waals surface area contributed by atoms with Gasteiger partial charge in [0.05, 0.1) is 0 Å². The van der Waals surface area contributed by atoms with Crippen LogP contribution < -0.4 is 0 Å². The molecule has 0 atom stereocenters. The molecule has 0 aliphatic carbocycles. The van der Waals surface area contributed by atoms with Crippen LogP contribution >= 0.6 is 12.4 Å². The second kappa shape index (κ2) is 7.01. The number of hydrogen-bond donors (Lipinski definition) is 0. The van der Waals surface area contributed by atoms with Crippen molar-refractivity contribution >= 4 is 18.2 Å². The van der Waals surface area contributed by atoms with E-state index in [9.17, 15) is 4.79 Å². The molecule has 1 fully saturated rings. The molecule has 3 nitrogen and oxygen atoms in total. The number of ketones is 1. The van der Waals surface area contributed by atoms with Crippen molar-refractivity contribution < 1.29 is 4.79 Å². The molecule has 0 N–H and O–H groups in total. The van der Waals surface area contributed by atoms with Crippen LogP contribution in [0, 0.1) is 5.92 Å². The van der Waals surface area contributed by atoms with Crippen LogP contribution in [0.3, 0.4) is 0 Å². The first-order valence-electron chi connectivity index (χ1n) is 6.77. The maximum absolute atomic E-state index is 12.4. The molecule has 1 aliphatic rings. The summed E-state index contributed by atoms with van der Waals surface area (Å²) < 4.78 is 0. The Bertz CT molecular complexity index is 426. The minimum absolute atomic E-state index is 0. The SMILES string of the molecule is CC(C)c1cccc(C(=O)C2CCN(C)CC2)n1.Cl. The van der Waals surface area contributed by atoms with Crippen molar-refractivity contribution in [3.05, 3.63) is 29.6 Å². The number of hydrogen-bond acceptors (Lipinski definition) is 3. The topological polar surface area (TPSA) is 33.2 Å². The fourth-order valence-corrected chi connectivity index (χ4v) is 2.39. The van der Waals surface area contributed by atoms with Crippen LogP contribution in [-0.4, -0.2) is 35.8 Å². The molecule has 0 radical (unpaired) electrons. The molecule has 0 amide bonds. The fourth-order valence-electron chi connectivity index (χ4n) is 2.39. The number of aromatic nitrogens is 1. The molecule has 0 unspecified atom stereocenters. The lowest BCUT2D eigenvalue weighted by Gasteiger charge is -2.27. The maximum Gasteiger partial charge on any atom is 0.184 e. The number of piperidine rings is 1. The van der Waals surface area contributed by atoms with Gasteiger partial charge in [0, 0.05) is 11.6 Å². The predicted octanol–water partition coefficient (Wildman–Crippen LogP) is 3.15. The van der Waals surface area contributed by atoms with Crippen LogP contribution in [0.15, 0.2) is 18.2 Å². The molecule has 0 aromatic carbocycles. The third-order valence-corrected chi connectivity index (χ3v) is 3.70. The van der Waals surface area contributed by atoms with Gasteiger partial charge in [-0.3, -0.25) is 4.79 Å². The van der Waals surface area contributed by atoms with E-state index in [1.54, 1.807) is 0 Å². The molecule has 2 rings (SSSR count). The molecule has 4 heteroatoms. The molecule has 1 aliphatic heterocycles. The van der Waals surface area contributed by atoms with Crippen molar-refractivity contribution in [1.29, 1.82) is 0 Å². The number of rotatable bonds is 3. The summed E-state index contributed by atoms with van der Waals surface area (Å²) in [4.78, 5) is 19.2. The molecule has 1 saturated heterocycles. The highest BCUT2D eigenvalue weighted by Gasteiger charge is 2.25. The molecule has 106 valence electrons. The number of likely N-dealkylation sites (tertiary alicyclic amines) is 1. The highest BCUT2D eigenvalue weighted by Crippen LogP contribution is 2.21. The van der Waals surface area contributed by atoms with Crippen LogP contribution in [0.1, 0.15) is 48.8 Å². The van der Waals surface area contributed by atoms with Gasteiger partial charge in [-0.2, -0.15) is 0 Å². The van der Waals surface area contributed by atoms with E-state index in [4.69, 9.17) is 0 Å². The summed E-state index contributed by atoms with van der Waals surface area (Å²) in [6.45, 7) is 6.23. The van der Waals surface area contributed by atoms with Gasteiger partial charge in [-0.25, -0.2) is 4.98 Å². The lowest BCUT2D eigenvalue weighted by atomic mass is 9.91. The number of nitrogens with zero attached hydrogens (tertiary/aromatic N) is 2. The Morgan fingerprint density at radius 3 is 2.53 bits per heavy atom. The third kappa shape index (κ3) is 4.02. The average molecular weight is 283 g/mol. The molecule has 0 saturated carbocycles. The Balaban J connectivity index is 0.00000180. The van der Waals surface area contributed by atoms with Gasteiger partial charge >= 0.3 is 0 Å². The van der Waals surface area contributed by atoms with E-state index in [0.717, 1.165) is 31.6 Å². The second-order valence-electron chi connectivity index (χ2n) is 5.54. The van der Waals surface area contributed by atoms with E-state index in [1.165, 1.54) is 0 Å². The average Bonchev–Trinajstić information content (AvgIpc) is 2.39. The van der Waals surface area contributed by atoms with Crippen LogP contribution in [0.25, 0.3) is 0 Å². The van der Waals surface area contributed by atoms with Crippen molar-refractivity contribution in [2.24, 2.45) is 5.92 Å². The fraction of sp³-hybridized carbons (Fsp3) is 0.600. The summed E-state index contributed by atoms with van der Waals surface area (Å²) in [5.41, 5.74) is 1.66. The van der Waals surface area contributed by atoms with Crippen LogP contribution in [0.5, 0.6) is 0 Å². The second-order valence-corrected chi connectivity index (χ2v) is 5.54. The third-order valence-electron chi connectivity index (χ3n) is 3.70. The lowest BCUT2D eigenvalue weighted by molar-refractivity contribution is 0.0851. The van der Waals surface area contributed by atoms with Crippen molar-refractivity contribution in [2.45, 2.75) is 32.6 Å². The highest BCUT2D eigenvalue weighted by molar-refractivity contribution is 5.96. The molecule has 1 aromatic heterocycles. The smallest absolute Gasteiger partial charge is 0.184 e. The quantitative estimate of drug-likeness (QED) is 0.799. The van der Waals surface area contributed by atoms with E-state index in [0.29, 0.717) is 11.6 Å². The standard InChI is InChI=1S/C15H22N2O.ClH/c1-11(2)13-5-4-6-14(16-13)15(18)12-7-9-17(3)10-8-12;/h4-6,11-12H,7-10H2,1-3H3;1H. The zero-order valence-corrected chi connectivity index (χ0v) is 12.7. The van der Waals surface area contributed by atoms with Crippen molar-refractivity contribution in [3.63, 3.8) is 0 Å². The maximum atomic E-state index is 12.4. The summed E-state index contributed by atoms with van der Waals surface area (Å²) in [7, 11) is 2.11. The number of Topliss-reactive ketones (excluding diaryl/α,β-unsaturated/α-hetero) is 1. The Morgan fingerprint density at radius 2 is 1.95 bits per heavy atom. The van der Waals surface area contributed by atoms with Crippen molar-refractivity contribution in [1.82, 2.24) is 9.88 Å². The molecule has 1 aromatic rings. The molecular formula is C15H23ClN2O.